The fraction of sp³-hybridized carbons (Fsp3) is 0.711. The number of rotatable bonds is 21. The minimum atomic E-state index is -1.06. The van der Waals surface area contributed by atoms with Crippen molar-refractivity contribution in [2.75, 3.05) is 91.8 Å². The number of aliphatic carboxylic acids is 4. The summed E-state index contributed by atoms with van der Waals surface area (Å²) in [5, 5.41) is 41.5. The van der Waals surface area contributed by atoms with E-state index in [2.05, 4.69) is 26.1 Å². The lowest BCUT2D eigenvalue weighted by Gasteiger charge is -2.37. The van der Waals surface area contributed by atoms with Crippen LogP contribution in [0, 0.1) is 10.8 Å². The summed E-state index contributed by atoms with van der Waals surface area (Å²) in [6, 6.07) is 7.51. The first-order valence-corrected chi connectivity index (χ1v) is 18.6. The molecule has 1 aromatic carbocycles. The first-order valence-electron chi connectivity index (χ1n) is 18.6. The number of carboxylic acids is 4. The maximum Gasteiger partial charge on any atom is 0.317 e. The summed E-state index contributed by atoms with van der Waals surface area (Å²) in [6.45, 7) is 12.7. The average Bonchev–Trinajstić information content (AvgIpc) is 3.04. The Hall–Kier alpha value is -3.63. The second kappa shape index (κ2) is 22.6. The highest BCUT2D eigenvalue weighted by atomic mass is 16.5. The molecule has 1 aromatic rings. The normalized spacial score (nSPS) is 17.8. The Bertz CT molecular complexity index is 1320. The zero-order chi connectivity index (χ0) is 39.6. The number of carboxylic acid groups (broad SMARTS) is 4. The van der Waals surface area contributed by atoms with Crippen molar-refractivity contribution >= 4 is 29.8 Å². The van der Waals surface area contributed by atoms with Crippen LogP contribution >= 0.6 is 0 Å². The van der Waals surface area contributed by atoms with Crippen LogP contribution in [0.1, 0.15) is 65.0 Å². The molecule has 5 N–H and O–H groups in total. The number of hydrogen-bond acceptors (Lipinski definition) is 10. The minimum Gasteiger partial charge on any atom is -0.480 e. The molecule has 0 saturated carbocycles. The molecule has 1 unspecified atom stereocenters. The van der Waals surface area contributed by atoms with Gasteiger partial charge >= 0.3 is 23.9 Å². The number of carbonyl (C=O) groups excluding carboxylic acids is 1. The first kappa shape index (κ1) is 45.5. The zero-order valence-electron chi connectivity index (χ0n) is 32.3. The molecule has 1 heterocycles. The molecule has 0 radical (unpaired) electrons. The lowest BCUT2D eigenvalue weighted by molar-refractivity contribution is -0.142. The molecule has 1 aliphatic heterocycles. The number of nitrogens with one attached hydrogen (secondary N) is 1. The second-order valence-corrected chi connectivity index (χ2v) is 15.8. The summed E-state index contributed by atoms with van der Waals surface area (Å²) >= 11 is 0. The molecule has 1 saturated heterocycles. The number of ether oxygens (including phenoxy) is 1. The lowest BCUT2D eigenvalue weighted by Crippen LogP contribution is -2.53. The molecule has 1 aliphatic rings. The van der Waals surface area contributed by atoms with E-state index in [0.29, 0.717) is 32.6 Å². The fourth-order valence-corrected chi connectivity index (χ4v) is 6.24. The fourth-order valence-electron chi connectivity index (χ4n) is 6.24. The smallest absolute Gasteiger partial charge is 0.317 e. The summed E-state index contributed by atoms with van der Waals surface area (Å²) in [6.07, 6.45) is 3.29. The predicted octanol–water partition coefficient (Wildman–Crippen LogP) is 2.08. The predicted molar refractivity (Wildman–Crippen MR) is 200 cm³/mol. The van der Waals surface area contributed by atoms with Gasteiger partial charge in [0.15, 0.2) is 0 Å². The van der Waals surface area contributed by atoms with Crippen LogP contribution in [0.5, 0.6) is 0 Å². The molecule has 0 aliphatic carbocycles. The van der Waals surface area contributed by atoms with Crippen molar-refractivity contribution in [3.8, 4) is 0 Å². The van der Waals surface area contributed by atoms with Gasteiger partial charge in [0.2, 0.25) is 5.91 Å². The SMILES string of the molecule is CCC(C)(C)COCC(C)(C)CC(=O)NCCCc1ccc(CC2CN(CC(=O)O)CCN(CC(=O)O)CCN(CC(=O)O)CCN2CC(=O)O)cc1. The van der Waals surface area contributed by atoms with Gasteiger partial charge in [-0.05, 0) is 47.6 Å². The quantitative estimate of drug-likeness (QED) is 0.114. The Morgan fingerprint density at radius 2 is 1.17 bits per heavy atom. The number of hydrogen-bond donors (Lipinski definition) is 5. The third kappa shape index (κ3) is 19.9. The molecule has 15 nitrogen and oxygen atoms in total. The van der Waals surface area contributed by atoms with Crippen LogP contribution in [0.25, 0.3) is 0 Å². The van der Waals surface area contributed by atoms with Crippen LogP contribution < -0.4 is 5.32 Å². The van der Waals surface area contributed by atoms with Gasteiger partial charge in [0, 0.05) is 64.8 Å². The van der Waals surface area contributed by atoms with Gasteiger partial charge in [0.1, 0.15) is 0 Å². The van der Waals surface area contributed by atoms with Gasteiger partial charge in [-0.25, -0.2) is 0 Å². The number of aryl methyl sites for hydroxylation is 1. The van der Waals surface area contributed by atoms with Crippen molar-refractivity contribution in [2.45, 2.75) is 72.8 Å². The van der Waals surface area contributed by atoms with Gasteiger partial charge in [-0.1, -0.05) is 58.9 Å². The van der Waals surface area contributed by atoms with Crippen molar-refractivity contribution in [2.24, 2.45) is 10.8 Å². The molecule has 15 heteroatoms. The summed E-state index contributed by atoms with van der Waals surface area (Å²) in [7, 11) is 0. The van der Waals surface area contributed by atoms with Gasteiger partial charge in [-0.3, -0.25) is 43.6 Å². The summed E-state index contributed by atoms with van der Waals surface area (Å²) in [5.41, 5.74) is 1.83. The van der Waals surface area contributed by atoms with E-state index in [1.54, 1.807) is 19.6 Å². The Morgan fingerprint density at radius 3 is 1.70 bits per heavy atom. The average molecular weight is 750 g/mol. The minimum absolute atomic E-state index is 0.00994. The number of carbonyl (C=O) groups is 5. The van der Waals surface area contributed by atoms with Gasteiger partial charge < -0.3 is 30.5 Å². The first-order chi connectivity index (χ1) is 24.9. The van der Waals surface area contributed by atoms with Crippen LogP contribution in [0.15, 0.2) is 24.3 Å². The Kier molecular flexibility index (Phi) is 19.4. The molecule has 1 atom stereocenters. The molecule has 300 valence electrons. The van der Waals surface area contributed by atoms with Crippen LogP contribution in [-0.4, -0.2) is 168 Å². The third-order valence-corrected chi connectivity index (χ3v) is 9.61. The van der Waals surface area contributed by atoms with Crippen LogP contribution in [0.3, 0.4) is 0 Å². The van der Waals surface area contributed by atoms with Crippen LogP contribution in [-0.2, 0) is 41.6 Å². The topological polar surface area (TPSA) is 200 Å². The Morgan fingerprint density at radius 1 is 0.698 bits per heavy atom. The van der Waals surface area contributed by atoms with Crippen molar-refractivity contribution in [3.63, 3.8) is 0 Å². The Balaban J connectivity index is 2.10. The molecule has 0 aromatic heterocycles. The van der Waals surface area contributed by atoms with Gasteiger partial charge in [-0.15, -0.1) is 0 Å². The molecular formula is C38H63N5O10. The zero-order valence-corrected chi connectivity index (χ0v) is 32.3. The highest BCUT2D eigenvalue weighted by Crippen LogP contribution is 2.24. The van der Waals surface area contributed by atoms with Crippen LogP contribution in [0.2, 0.25) is 0 Å². The van der Waals surface area contributed by atoms with Crippen molar-refractivity contribution in [1.82, 2.24) is 24.9 Å². The molecule has 0 bridgehead atoms. The van der Waals surface area contributed by atoms with E-state index < -0.39 is 29.9 Å². The summed E-state index contributed by atoms with van der Waals surface area (Å²) in [5.74, 6) is -4.21. The monoisotopic (exact) mass is 749 g/mol. The van der Waals surface area contributed by atoms with Crippen LogP contribution in [0.4, 0.5) is 0 Å². The van der Waals surface area contributed by atoms with E-state index in [0.717, 1.165) is 30.4 Å². The number of nitrogens with zero attached hydrogens (tertiary/aromatic N) is 4. The second-order valence-electron chi connectivity index (χ2n) is 15.8. The van der Waals surface area contributed by atoms with Crippen molar-refractivity contribution < 1.29 is 49.1 Å². The number of amides is 1. The number of benzene rings is 1. The van der Waals surface area contributed by atoms with E-state index in [1.807, 2.05) is 38.1 Å². The van der Waals surface area contributed by atoms with E-state index in [-0.39, 0.29) is 88.7 Å². The van der Waals surface area contributed by atoms with E-state index in [9.17, 15) is 44.4 Å². The Labute approximate surface area is 314 Å². The molecular weight excluding hydrogens is 686 g/mol. The molecule has 2 rings (SSSR count). The maximum absolute atomic E-state index is 12.6. The maximum atomic E-state index is 12.6. The molecule has 1 amide bonds. The van der Waals surface area contributed by atoms with Crippen molar-refractivity contribution in [3.05, 3.63) is 35.4 Å². The third-order valence-electron chi connectivity index (χ3n) is 9.61. The van der Waals surface area contributed by atoms with E-state index in [4.69, 9.17) is 4.74 Å². The highest BCUT2D eigenvalue weighted by molar-refractivity contribution is 5.76. The largest absolute Gasteiger partial charge is 0.480 e. The van der Waals surface area contributed by atoms with Gasteiger partial charge in [-0.2, -0.15) is 0 Å². The molecule has 0 spiro atoms. The lowest BCUT2D eigenvalue weighted by atomic mass is 9.89. The van der Waals surface area contributed by atoms with E-state index >= 15 is 0 Å². The van der Waals surface area contributed by atoms with Gasteiger partial charge in [0.05, 0.1) is 39.4 Å². The summed E-state index contributed by atoms with van der Waals surface area (Å²) in [4.78, 5) is 66.5. The standard InChI is InChI=1S/C38H63N5O10/c1-6-37(2,3)27-53-28-38(4,5)21-32(44)39-13-7-8-29-9-11-30(12-10-29)20-31-22-42(25-35(49)50)17-16-40(23-33(45)46)14-15-41(24-34(47)48)18-19-43(31)26-36(51)52/h9-12,31H,6-8,13-28H2,1-5H3,(H,39,44)(H,45,46)(H,47,48)(H,49,50)(H,51,52). The highest BCUT2D eigenvalue weighted by Gasteiger charge is 2.28. The molecule has 53 heavy (non-hydrogen) atoms. The van der Waals surface area contributed by atoms with Crippen molar-refractivity contribution in [1.29, 1.82) is 0 Å². The summed E-state index contributed by atoms with van der Waals surface area (Å²) < 4.78 is 5.93. The molecule has 1 fully saturated rings. The van der Waals surface area contributed by atoms with E-state index in [1.165, 1.54) is 0 Å². The van der Waals surface area contributed by atoms with Gasteiger partial charge in [0.25, 0.3) is 0 Å².